The van der Waals surface area contributed by atoms with E-state index in [1.807, 2.05) is 19.2 Å². The number of furan rings is 1. The SMILES string of the molecule is CN(C(=O)/C=C/c1ccoc1)[C@@H]1CC[C@@H]2Oc3c(O)ccc4c3[C@@]23CCN(CC2CC2)[C@H](C4)[C@]13O. The Morgan fingerprint density at radius 3 is 2.89 bits per heavy atom. The van der Waals surface area contributed by atoms with Gasteiger partial charge in [0.2, 0.25) is 5.91 Å². The lowest BCUT2D eigenvalue weighted by atomic mass is 9.47. The summed E-state index contributed by atoms with van der Waals surface area (Å²) in [4.78, 5) is 17.6. The molecule has 184 valence electrons. The third-order valence-corrected chi connectivity index (χ3v) is 9.53. The molecule has 5 aliphatic rings. The molecule has 7 nitrogen and oxygen atoms in total. The van der Waals surface area contributed by atoms with Crippen molar-refractivity contribution in [1.29, 1.82) is 0 Å². The zero-order chi connectivity index (χ0) is 23.9. The average Bonchev–Trinajstić information content (AvgIpc) is 3.36. The lowest BCUT2D eigenvalue weighted by Gasteiger charge is -2.66. The van der Waals surface area contributed by atoms with E-state index in [1.54, 1.807) is 35.6 Å². The van der Waals surface area contributed by atoms with E-state index in [9.17, 15) is 15.0 Å². The number of piperidine rings is 1. The molecule has 3 fully saturated rings. The summed E-state index contributed by atoms with van der Waals surface area (Å²) in [6, 6.07) is 5.12. The van der Waals surface area contributed by atoms with Crippen LogP contribution in [0, 0.1) is 5.92 Å². The highest BCUT2D eigenvalue weighted by Crippen LogP contribution is 2.66. The number of amides is 1. The van der Waals surface area contributed by atoms with Crippen LogP contribution in [0.25, 0.3) is 6.08 Å². The van der Waals surface area contributed by atoms with Crippen molar-refractivity contribution in [3.05, 3.63) is 53.5 Å². The number of hydrogen-bond acceptors (Lipinski definition) is 6. The minimum atomic E-state index is -1.16. The topological polar surface area (TPSA) is 86.4 Å². The summed E-state index contributed by atoms with van der Waals surface area (Å²) in [5.74, 6) is 1.28. The van der Waals surface area contributed by atoms with Gasteiger partial charge in [0, 0.05) is 36.8 Å². The van der Waals surface area contributed by atoms with Gasteiger partial charge in [-0.3, -0.25) is 9.69 Å². The fraction of sp³-hybridized carbons (Fsp3) is 0.536. The van der Waals surface area contributed by atoms with Gasteiger partial charge in [0.15, 0.2) is 11.5 Å². The van der Waals surface area contributed by atoms with Crippen molar-refractivity contribution < 1.29 is 24.2 Å². The second kappa shape index (κ2) is 7.37. The standard InChI is InChI=1S/C28H32N2O5/c1-29(24(32)9-4-18-10-13-34-16-18)21-7-8-23-27-11-12-30(15-17-2-3-17)22(28(21,27)33)14-19-5-6-20(31)26(35-23)25(19)27/h4-6,9-10,13,16-17,21-23,31,33H,2-3,7-8,11-12,14-15H2,1H3/b9-4+/t21-,22-,23+,27-,28-/m1/s1. The van der Waals surface area contributed by atoms with Crippen molar-refractivity contribution in [2.24, 2.45) is 5.92 Å². The summed E-state index contributed by atoms with van der Waals surface area (Å²) in [6.45, 7) is 1.91. The summed E-state index contributed by atoms with van der Waals surface area (Å²) < 4.78 is 11.5. The highest BCUT2D eigenvalue weighted by molar-refractivity contribution is 5.92. The van der Waals surface area contributed by atoms with Crippen LogP contribution in [-0.2, 0) is 16.6 Å². The van der Waals surface area contributed by atoms with E-state index in [-0.39, 0.29) is 29.8 Å². The van der Waals surface area contributed by atoms with Gasteiger partial charge in [0.1, 0.15) is 11.7 Å². The predicted molar refractivity (Wildman–Crippen MR) is 129 cm³/mol. The Bertz CT molecular complexity index is 1200. The summed E-state index contributed by atoms with van der Waals surface area (Å²) in [5, 5.41) is 23.7. The van der Waals surface area contributed by atoms with Crippen molar-refractivity contribution in [3.63, 3.8) is 0 Å². The molecular weight excluding hydrogens is 444 g/mol. The number of ether oxygens (including phenoxy) is 1. The van der Waals surface area contributed by atoms with Crippen LogP contribution >= 0.6 is 0 Å². The summed E-state index contributed by atoms with van der Waals surface area (Å²) in [6.07, 6.45) is 11.7. The zero-order valence-electron chi connectivity index (χ0n) is 20.0. The van der Waals surface area contributed by atoms with Gasteiger partial charge in [-0.15, -0.1) is 0 Å². The highest BCUT2D eigenvalue weighted by atomic mass is 16.5. The number of rotatable bonds is 5. The van der Waals surface area contributed by atoms with Crippen molar-refractivity contribution in [3.8, 4) is 11.5 Å². The molecular formula is C28H32N2O5. The van der Waals surface area contributed by atoms with Crippen LogP contribution in [0.1, 0.15) is 48.8 Å². The van der Waals surface area contributed by atoms with Crippen LogP contribution in [0.5, 0.6) is 11.5 Å². The Hall–Kier alpha value is -2.77. The average molecular weight is 477 g/mol. The third-order valence-electron chi connectivity index (χ3n) is 9.53. The minimum Gasteiger partial charge on any atom is -0.504 e. The number of hydrogen-bond donors (Lipinski definition) is 2. The fourth-order valence-electron chi connectivity index (χ4n) is 7.79. The molecule has 3 aliphatic carbocycles. The van der Waals surface area contributed by atoms with E-state index < -0.39 is 11.0 Å². The van der Waals surface area contributed by atoms with Crippen LogP contribution in [0.4, 0.5) is 0 Å². The molecule has 0 unspecified atom stereocenters. The molecule has 1 aromatic heterocycles. The second-order valence-electron chi connectivity index (χ2n) is 11.2. The van der Waals surface area contributed by atoms with E-state index in [0.29, 0.717) is 24.5 Å². The lowest BCUT2D eigenvalue weighted by Crippen LogP contribution is -2.81. The van der Waals surface area contributed by atoms with Crippen LogP contribution in [0.2, 0.25) is 0 Å². The molecule has 3 heterocycles. The van der Waals surface area contributed by atoms with Crippen LogP contribution in [0.3, 0.4) is 0 Å². The van der Waals surface area contributed by atoms with Gasteiger partial charge in [0.05, 0.1) is 24.0 Å². The van der Waals surface area contributed by atoms with Gasteiger partial charge in [0.25, 0.3) is 0 Å². The van der Waals surface area contributed by atoms with Gasteiger partial charge in [-0.05, 0) is 74.8 Å². The van der Waals surface area contributed by atoms with E-state index in [4.69, 9.17) is 9.15 Å². The van der Waals surface area contributed by atoms with E-state index in [2.05, 4.69) is 4.90 Å². The largest absolute Gasteiger partial charge is 0.504 e. The summed E-state index contributed by atoms with van der Waals surface area (Å²) in [5.41, 5.74) is 1.21. The van der Waals surface area contributed by atoms with Crippen molar-refractivity contribution >= 4 is 12.0 Å². The molecule has 0 radical (unpaired) electrons. The van der Waals surface area contributed by atoms with E-state index >= 15 is 0 Å². The summed E-state index contributed by atoms with van der Waals surface area (Å²) >= 11 is 0. The number of phenols is 1. The van der Waals surface area contributed by atoms with Gasteiger partial charge < -0.3 is 24.3 Å². The zero-order valence-corrected chi connectivity index (χ0v) is 20.0. The minimum absolute atomic E-state index is 0.0932. The maximum atomic E-state index is 13.3. The molecule has 7 rings (SSSR count). The quantitative estimate of drug-likeness (QED) is 0.645. The van der Waals surface area contributed by atoms with Crippen LogP contribution in [-0.4, -0.2) is 69.8 Å². The van der Waals surface area contributed by atoms with Gasteiger partial charge in [-0.2, -0.15) is 0 Å². The number of likely N-dealkylation sites (tertiary alicyclic amines) is 1. The molecule has 1 aromatic carbocycles. The van der Waals surface area contributed by atoms with Gasteiger partial charge in [-0.25, -0.2) is 0 Å². The first-order chi connectivity index (χ1) is 16.9. The fourth-order valence-corrected chi connectivity index (χ4v) is 7.79. The number of carbonyl (C=O) groups is 1. The van der Waals surface area contributed by atoms with Gasteiger partial charge >= 0.3 is 0 Å². The maximum absolute atomic E-state index is 13.3. The first-order valence-corrected chi connectivity index (χ1v) is 12.9. The molecule has 7 heteroatoms. The van der Waals surface area contributed by atoms with E-state index in [1.165, 1.54) is 18.4 Å². The number of carbonyl (C=O) groups excluding carboxylic acids is 1. The monoisotopic (exact) mass is 476 g/mol. The Kier molecular flexibility index (Phi) is 4.53. The van der Waals surface area contributed by atoms with Gasteiger partial charge in [-0.1, -0.05) is 6.07 Å². The molecule has 1 spiro atoms. The molecule has 5 atom stereocenters. The second-order valence-corrected chi connectivity index (χ2v) is 11.2. The smallest absolute Gasteiger partial charge is 0.246 e. The number of aromatic hydroxyl groups is 1. The van der Waals surface area contributed by atoms with Crippen molar-refractivity contribution in [1.82, 2.24) is 9.80 Å². The highest BCUT2D eigenvalue weighted by Gasteiger charge is 2.74. The van der Waals surface area contributed by atoms with Crippen molar-refractivity contribution in [2.45, 2.75) is 67.7 Å². The number of phenolic OH excluding ortho intramolecular Hbond substituents is 1. The first-order valence-electron chi connectivity index (χ1n) is 12.9. The molecule has 1 saturated heterocycles. The predicted octanol–water partition coefficient (Wildman–Crippen LogP) is 3.09. The van der Waals surface area contributed by atoms with Crippen LogP contribution in [0.15, 0.2) is 41.2 Å². The normalized spacial score (nSPS) is 35.1. The van der Waals surface area contributed by atoms with Crippen LogP contribution < -0.4 is 4.74 Å². The Labute approximate surface area is 205 Å². The summed E-state index contributed by atoms with van der Waals surface area (Å²) in [7, 11) is 1.82. The molecule has 35 heavy (non-hydrogen) atoms. The number of aliphatic hydroxyl groups is 1. The molecule has 2 aromatic rings. The number of nitrogens with zero attached hydrogens (tertiary/aromatic N) is 2. The first kappa shape index (κ1) is 21.5. The number of likely N-dealkylation sites (N-methyl/N-ethyl adjacent to an activating group) is 1. The Morgan fingerprint density at radius 1 is 1.26 bits per heavy atom. The molecule has 2 aliphatic heterocycles. The molecule has 2 saturated carbocycles. The maximum Gasteiger partial charge on any atom is 0.246 e. The number of benzene rings is 1. The van der Waals surface area contributed by atoms with Crippen molar-refractivity contribution in [2.75, 3.05) is 20.1 Å². The lowest BCUT2D eigenvalue weighted by molar-refractivity contribution is -0.217. The molecule has 2 bridgehead atoms. The van der Waals surface area contributed by atoms with E-state index in [0.717, 1.165) is 37.1 Å². The molecule has 2 N–H and O–H groups in total. The molecule has 1 amide bonds. The Balaban J connectivity index is 1.33. The Morgan fingerprint density at radius 2 is 2.11 bits per heavy atom. The third kappa shape index (κ3) is 2.82.